The van der Waals surface area contributed by atoms with E-state index < -0.39 is 0 Å². The fourth-order valence-electron chi connectivity index (χ4n) is 1.74. The van der Waals surface area contributed by atoms with E-state index in [1.807, 2.05) is 11.8 Å². The molecule has 94 valence electrons. The first-order chi connectivity index (χ1) is 7.74. The molecule has 0 spiro atoms. The third-order valence-electron chi connectivity index (χ3n) is 2.71. The zero-order chi connectivity index (χ0) is 11.8. The van der Waals surface area contributed by atoms with Gasteiger partial charge in [-0.2, -0.15) is 11.8 Å². The number of methoxy groups -OCH3 is 1. The molecule has 1 heterocycles. The summed E-state index contributed by atoms with van der Waals surface area (Å²) >= 11 is 1.90. The molecule has 16 heavy (non-hydrogen) atoms. The second-order valence-electron chi connectivity index (χ2n) is 4.16. The van der Waals surface area contributed by atoms with Crippen molar-refractivity contribution in [2.45, 2.75) is 37.8 Å². The molecule has 3 N–H and O–H groups in total. The van der Waals surface area contributed by atoms with Crippen molar-refractivity contribution in [3.05, 3.63) is 0 Å². The first-order valence-corrected chi connectivity index (χ1v) is 7.02. The van der Waals surface area contributed by atoms with Crippen molar-refractivity contribution in [2.75, 3.05) is 25.2 Å². The van der Waals surface area contributed by atoms with E-state index in [2.05, 4.69) is 5.32 Å². The van der Waals surface area contributed by atoms with Crippen LogP contribution in [0.4, 0.5) is 0 Å². The second-order valence-corrected chi connectivity index (χ2v) is 5.31. The Bertz CT molecular complexity index is 208. The third kappa shape index (κ3) is 5.18. The van der Waals surface area contributed by atoms with Crippen LogP contribution in [0.3, 0.4) is 0 Å². The van der Waals surface area contributed by atoms with Crippen molar-refractivity contribution in [3.63, 3.8) is 0 Å². The Morgan fingerprint density at radius 1 is 1.69 bits per heavy atom. The molecule has 0 aromatic carbocycles. The second kappa shape index (κ2) is 7.92. The highest BCUT2D eigenvalue weighted by molar-refractivity contribution is 7.99. The van der Waals surface area contributed by atoms with Crippen LogP contribution in [0.1, 0.15) is 25.7 Å². The van der Waals surface area contributed by atoms with Gasteiger partial charge in [0.05, 0.1) is 6.04 Å². The highest BCUT2D eigenvalue weighted by Gasteiger charge is 2.19. The summed E-state index contributed by atoms with van der Waals surface area (Å²) in [5.41, 5.74) is 5.80. The Morgan fingerprint density at radius 3 is 3.12 bits per heavy atom. The van der Waals surface area contributed by atoms with Crippen LogP contribution in [-0.4, -0.2) is 43.2 Å². The third-order valence-corrected chi connectivity index (χ3v) is 3.92. The number of nitrogens with one attached hydrogen (secondary N) is 1. The average molecular weight is 246 g/mol. The van der Waals surface area contributed by atoms with Crippen molar-refractivity contribution >= 4 is 17.7 Å². The van der Waals surface area contributed by atoms with Gasteiger partial charge in [-0.15, -0.1) is 0 Å². The molecule has 0 aromatic rings. The van der Waals surface area contributed by atoms with E-state index >= 15 is 0 Å². The molecule has 2 unspecified atom stereocenters. The van der Waals surface area contributed by atoms with Gasteiger partial charge in [0.2, 0.25) is 5.91 Å². The molecule has 1 saturated heterocycles. The Hall–Kier alpha value is -0.260. The van der Waals surface area contributed by atoms with Crippen LogP contribution in [0, 0.1) is 0 Å². The minimum Gasteiger partial charge on any atom is -0.385 e. The first kappa shape index (κ1) is 13.8. The molecule has 1 amide bonds. The number of hydrogen-bond acceptors (Lipinski definition) is 4. The maximum Gasteiger partial charge on any atom is 0.237 e. The van der Waals surface area contributed by atoms with Gasteiger partial charge < -0.3 is 15.8 Å². The van der Waals surface area contributed by atoms with E-state index in [1.54, 1.807) is 7.11 Å². The van der Waals surface area contributed by atoms with Crippen molar-refractivity contribution in [2.24, 2.45) is 5.73 Å². The Kier molecular flexibility index (Phi) is 6.84. The maximum atomic E-state index is 11.7. The number of hydrogen-bond donors (Lipinski definition) is 2. The van der Waals surface area contributed by atoms with Crippen LogP contribution in [0.5, 0.6) is 0 Å². The number of carbonyl (C=O) groups is 1. The zero-order valence-electron chi connectivity index (χ0n) is 9.91. The van der Waals surface area contributed by atoms with Gasteiger partial charge in [0.1, 0.15) is 0 Å². The summed E-state index contributed by atoms with van der Waals surface area (Å²) in [4.78, 5) is 11.7. The number of carbonyl (C=O) groups excluding carboxylic acids is 1. The number of ether oxygens (including phenoxy) is 1. The van der Waals surface area contributed by atoms with E-state index in [1.165, 1.54) is 12.2 Å². The monoisotopic (exact) mass is 246 g/mol. The quantitative estimate of drug-likeness (QED) is 0.679. The molecule has 2 atom stereocenters. The predicted molar refractivity (Wildman–Crippen MR) is 67.6 cm³/mol. The van der Waals surface area contributed by atoms with E-state index in [4.69, 9.17) is 10.5 Å². The van der Waals surface area contributed by atoms with Gasteiger partial charge in [-0.05, 0) is 31.4 Å². The van der Waals surface area contributed by atoms with Crippen LogP contribution in [0.15, 0.2) is 0 Å². The van der Waals surface area contributed by atoms with Gasteiger partial charge >= 0.3 is 0 Å². The molecule has 1 aliphatic rings. The van der Waals surface area contributed by atoms with E-state index in [0.717, 1.165) is 18.6 Å². The average Bonchev–Trinajstić information content (AvgIpc) is 2.30. The molecular weight excluding hydrogens is 224 g/mol. The fraction of sp³-hybridized carbons (Fsp3) is 0.909. The molecule has 1 rings (SSSR count). The van der Waals surface area contributed by atoms with Crippen LogP contribution in [-0.2, 0) is 9.53 Å². The molecule has 4 nitrogen and oxygen atoms in total. The summed E-state index contributed by atoms with van der Waals surface area (Å²) in [5.74, 6) is 2.23. The number of amides is 1. The molecule has 0 bridgehead atoms. The SMILES string of the molecule is COCCCC(N)C(=O)NC1CCCSC1. The van der Waals surface area contributed by atoms with E-state index in [-0.39, 0.29) is 11.9 Å². The van der Waals surface area contributed by atoms with Gasteiger partial charge in [-0.3, -0.25) is 4.79 Å². The standard InChI is InChI=1S/C11H22N2O2S/c1-15-6-2-5-10(12)11(14)13-9-4-3-7-16-8-9/h9-10H,2-8,12H2,1H3,(H,13,14). The van der Waals surface area contributed by atoms with E-state index in [0.29, 0.717) is 19.1 Å². The van der Waals surface area contributed by atoms with E-state index in [9.17, 15) is 4.79 Å². The Morgan fingerprint density at radius 2 is 2.50 bits per heavy atom. The van der Waals surface area contributed by atoms with Crippen LogP contribution in [0.25, 0.3) is 0 Å². The molecule has 0 saturated carbocycles. The summed E-state index contributed by atoms with van der Waals surface area (Å²) in [5, 5.41) is 3.02. The van der Waals surface area contributed by atoms with Gasteiger partial charge in [0, 0.05) is 25.5 Å². The summed E-state index contributed by atoms with van der Waals surface area (Å²) in [6.07, 6.45) is 3.81. The van der Waals surface area contributed by atoms with Crippen molar-refractivity contribution in [1.29, 1.82) is 0 Å². The molecule has 0 aromatic heterocycles. The molecule has 0 aliphatic carbocycles. The maximum absolute atomic E-state index is 11.7. The lowest BCUT2D eigenvalue weighted by Gasteiger charge is -2.24. The highest BCUT2D eigenvalue weighted by Crippen LogP contribution is 2.16. The van der Waals surface area contributed by atoms with Gasteiger partial charge in [-0.1, -0.05) is 0 Å². The lowest BCUT2D eigenvalue weighted by molar-refractivity contribution is -0.123. The summed E-state index contributed by atoms with van der Waals surface area (Å²) in [6.45, 7) is 0.667. The van der Waals surface area contributed by atoms with Gasteiger partial charge in [0.25, 0.3) is 0 Å². The molecule has 1 fully saturated rings. The molecule has 5 heteroatoms. The number of nitrogens with two attached hydrogens (primary N) is 1. The minimum absolute atomic E-state index is 0.0106. The molecule has 1 aliphatic heterocycles. The van der Waals surface area contributed by atoms with Gasteiger partial charge in [0.15, 0.2) is 0 Å². The van der Waals surface area contributed by atoms with Crippen molar-refractivity contribution in [3.8, 4) is 0 Å². The topological polar surface area (TPSA) is 64.3 Å². The smallest absolute Gasteiger partial charge is 0.237 e. The number of rotatable bonds is 6. The lowest BCUT2D eigenvalue weighted by Crippen LogP contribution is -2.47. The van der Waals surface area contributed by atoms with Crippen molar-refractivity contribution < 1.29 is 9.53 Å². The summed E-state index contributed by atoms with van der Waals surface area (Å²) < 4.78 is 4.93. The molecule has 0 radical (unpaired) electrons. The van der Waals surface area contributed by atoms with Crippen LogP contribution < -0.4 is 11.1 Å². The van der Waals surface area contributed by atoms with Crippen LogP contribution in [0.2, 0.25) is 0 Å². The van der Waals surface area contributed by atoms with Crippen molar-refractivity contribution in [1.82, 2.24) is 5.32 Å². The largest absolute Gasteiger partial charge is 0.385 e. The lowest BCUT2D eigenvalue weighted by atomic mass is 10.1. The normalized spacial score (nSPS) is 22.8. The summed E-state index contributed by atoms with van der Waals surface area (Å²) in [7, 11) is 1.66. The van der Waals surface area contributed by atoms with Gasteiger partial charge in [-0.25, -0.2) is 0 Å². The Labute approximate surface area is 102 Å². The first-order valence-electron chi connectivity index (χ1n) is 5.86. The highest BCUT2D eigenvalue weighted by atomic mass is 32.2. The predicted octanol–water partition coefficient (Wildman–Crippen LogP) is 0.752. The van der Waals surface area contributed by atoms with Crippen LogP contribution >= 0.6 is 11.8 Å². The fourth-order valence-corrected chi connectivity index (χ4v) is 2.81. The molecular formula is C11H22N2O2S. The summed E-state index contributed by atoms with van der Waals surface area (Å²) in [6, 6.07) is -0.0678. The minimum atomic E-state index is -0.387. The number of thioether (sulfide) groups is 1. The zero-order valence-corrected chi connectivity index (χ0v) is 10.7. The Balaban J connectivity index is 2.16.